The smallest absolute Gasteiger partial charge is 0.243 e. The molecule has 0 aromatic heterocycles. The highest BCUT2D eigenvalue weighted by molar-refractivity contribution is 7.89. The number of hydrogen-bond acceptors (Lipinski definition) is 6. The zero-order valence-electron chi connectivity index (χ0n) is 19.0. The van der Waals surface area contributed by atoms with E-state index in [9.17, 15) is 13.2 Å². The zero-order chi connectivity index (χ0) is 23.3. The largest absolute Gasteiger partial charge is 0.497 e. The molecule has 1 amide bonds. The molecule has 1 aliphatic heterocycles. The Morgan fingerprint density at radius 2 is 1.94 bits per heavy atom. The fourth-order valence-corrected chi connectivity index (χ4v) is 5.18. The highest BCUT2D eigenvalue weighted by Crippen LogP contribution is 2.25. The zero-order valence-corrected chi connectivity index (χ0v) is 19.8. The van der Waals surface area contributed by atoms with E-state index in [2.05, 4.69) is 5.32 Å². The minimum Gasteiger partial charge on any atom is -0.497 e. The Morgan fingerprint density at radius 1 is 1.22 bits per heavy atom. The quantitative estimate of drug-likeness (QED) is 0.650. The highest BCUT2D eigenvalue weighted by atomic mass is 32.2. The van der Waals surface area contributed by atoms with E-state index in [0.717, 1.165) is 11.3 Å². The number of nitrogens with one attached hydrogen (secondary N) is 1. The molecule has 174 valence electrons. The third-order valence-corrected chi connectivity index (χ3v) is 7.69. The fraction of sp³-hybridized carbons (Fsp3) is 0.435. The summed E-state index contributed by atoms with van der Waals surface area (Å²) in [5, 5.41) is 2.86. The number of likely N-dealkylation sites (N-methyl/N-ethyl adjacent to an activating group) is 1. The molecular weight excluding hydrogens is 430 g/mol. The number of nitrogens with zero attached hydrogens (tertiary/aromatic N) is 2. The molecule has 1 aliphatic rings. The second-order valence-electron chi connectivity index (χ2n) is 7.93. The van der Waals surface area contributed by atoms with Crippen molar-refractivity contribution in [1.82, 2.24) is 9.21 Å². The monoisotopic (exact) mass is 461 g/mol. The van der Waals surface area contributed by atoms with Crippen molar-refractivity contribution in [2.45, 2.75) is 31.3 Å². The van der Waals surface area contributed by atoms with E-state index in [4.69, 9.17) is 9.47 Å². The summed E-state index contributed by atoms with van der Waals surface area (Å²) in [5.41, 5.74) is 2.12. The number of carbonyl (C=O) groups is 1. The number of sulfonamides is 1. The number of carbonyl (C=O) groups excluding carboxylic acids is 1. The number of morpholine rings is 1. The molecular formula is C23H31N3O5S. The number of aryl methyl sites for hydroxylation is 1. The molecule has 8 nitrogen and oxygen atoms in total. The van der Waals surface area contributed by atoms with Gasteiger partial charge in [0.1, 0.15) is 5.75 Å². The van der Waals surface area contributed by atoms with Crippen LogP contribution in [0, 0.1) is 6.92 Å². The Labute approximate surface area is 190 Å². The molecule has 0 bridgehead atoms. The van der Waals surface area contributed by atoms with Gasteiger partial charge in [-0.3, -0.25) is 9.69 Å². The summed E-state index contributed by atoms with van der Waals surface area (Å²) in [4.78, 5) is 15.0. The lowest BCUT2D eigenvalue weighted by molar-refractivity contribution is -0.120. The van der Waals surface area contributed by atoms with Gasteiger partial charge in [0.25, 0.3) is 0 Å². The number of amides is 1. The van der Waals surface area contributed by atoms with Crippen LogP contribution < -0.4 is 10.1 Å². The molecule has 1 saturated heterocycles. The summed E-state index contributed by atoms with van der Waals surface area (Å²) in [6, 6.07) is 12.2. The van der Waals surface area contributed by atoms with Crippen LogP contribution in [-0.2, 0) is 26.1 Å². The number of hydrogen-bond donors (Lipinski definition) is 1. The molecule has 32 heavy (non-hydrogen) atoms. The molecule has 2 aromatic carbocycles. The molecule has 9 heteroatoms. The van der Waals surface area contributed by atoms with E-state index in [1.807, 2.05) is 43.1 Å². The summed E-state index contributed by atoms with van der Waals surface area (Å²) >= 11 is 0. The van der Waals surface area contributed by atoms with Crippen molar-refractivity contribution in [1.29, 1.82) is 0 Å². The first kappa shape index (κ1) is 24.2. The maximum absolute atomic E-state index is 13.1. The molecule has 1 N–H and O–H groups in total. The molecule has 0 saturated carbocycles. The fourth-order valence-electron chi connectivity index (χ4n) is 3.52. The molecule has 0 spiro atoms. The van der Waals surface area contributed by atoms with Crippen LogP contribution in [0.15, 0.2) is 47.4 Å². The Kier molecular flexibility index (Phi) is 7.89. The number of benzene rings is 2. The average molecular weight is 462 g/mol. The summed E-state index contributed by atoms with van der Waals surface area (Å²) in [7, 11) is -0.168. The van der Waals surface area contributed by atoms with Crippen molar-refractivity contribution in [3.8, 4) is 5.75 Å². The summed E-state index contributed by atoms with van der Waals surface area (Å²) < 4.78 is 38.1. The van der Waals surface area contributed by atoms with E-state index < -0.39 is 16.1 Å². The van der Waals surface area contributed by atoms with Gasteiger partial charge >= 0.3 is 0 Å². The molecule has 0 radical (unpaired) electrons. The van der Waals surface area contributed by atoms with Crippen LogP contribution in [0.3, 0.4) is 0 Å². The first-order chi connectivity index (χ1) is 15.2. The van der Waals surface area contributed by atoms with Crippen LogP contribution >= 0.6 is 0 Å². The van der Waals surface area contributed by atoms with E-state index in [1.165, 1.54) is 10.4 Å². The predicted octanol–water partition coefficient (Wildman–Crippen LogP) is 2.48. The summed E-state index contributed by atoms with van der Waals surface area (Å²) in [5.74, 6) is 0.552. The molecule has 1 atom stereocenters. The van der Waals surface area contributed by atoms with Gasteiger partial charge in [-0.05, 0) is 56.3 Å². The first-order valence-corrected chi connectivity index (χ1v) is 12.0. The summed E-state index contributed by atoms with van der Waals surface area (Å²) in [6.45, 7) is 5.54. The third-order valence-electron chi connectivity index (χ3n) is 5.65. The van der Waals surface area contributed by atoms with Crippen molar-refractivity contribution in [3.63, 3.8) is 0 Å². The van der Waals surface area contributed by atoms with E-state index in [-0.39, 0.29) is 10.8 Å². The molecule has 0 unspecified atom stereocenters. The van der Waals surface area contributed by atoms with Gasteiger partial charge in [-0.2, -0.15) is 4.31 Å². The number of ether oxygens (including phenoxy) is 2. The molecule has 3 rings (SSSR count). The van der Waals surface area contributed by atoms with E-state index in [0.29, 0.717) is 44.1 Å². The topological polar surface area (TPSA) is 88.2 Å². The van der Waals surface area contributed by atoms with Crippen LogP contribution in [0.2, 0.25) is 0 Å². The van der Waals surface area contributed by atoms with Crippen molar-refractivity contribution >= 4 is 21.6 Å². The van der Waals surface area contributed by atoms with Crippen LogP contribution in [0.5, 0.6) is 5.75 Å². The van der Waals surface area contributed by atoms with Crippen LogP contribution in [0.25, 0.3) is 0 Å². The Bertz CT molecular complexity index is 1050. The van der Waals surface area contributed by atoms with Gasteiger partial charge in [0.15, 0.2) is 0 Å². The second-order valence-corrected chi connectivity index (χ2v) is 9.83. The van der Waals surface area contributed by atoms with Crippen LogP contribution in [-0.4, -0.2) is 70.0 Å². The van der Waals surface area contributed by atoms with Gasteiger partial charge in [-0.25, -0.2) is 8.42 Å². The molecule has 0 aliphatic carbocycles. The minimum atomic E-state index is -3.66. The number of anilines is 1. The van der Waals surface area contributed by atoms with Crippen LogP contribution in [0.1, 0.15) is 18.1 Å². The molecule has 2 aromatic rings. The SMILES string of the molecule is COc1cccc(CN(C)[C@H](C)C(=O)Nc2ccc(C)c(S(=O)(=O)N3CCOCC3)c2)c1. The van der Waals surface area contributed by atoms with Crippen molar-refractivity contribution in [2.24, 2.45) is 0 Å². The lowest BCUT2D eigenvalue weighted by atomic mass is 10.1. The van der Waals surface area contributed by atoms with Gasteiger partial charge in [0.05, 0.1) is 31.3 Å². The van der Waals surface area contributed by atoms with Crippen molar-refractivity contribution < 1.29 is 22.7 Å². The normalized spacial score (nSPS) is 16.0. The van der Waals surface area contributed by atoms with Crippen molar-refractivity contribution in [2.75, 3.05) is 45.8 Å². The van der Waals surface area contributed by atoms with Gasteiger partial charge in [0.2, 0.25) is 15.9 Å². The number of rotatable bonds is 8. The highest BCUT2D eigenvalue weighted by Gasteiger charge is 2.28. The van der Waals surface area contributed by atoms with E-state index in [1.54, 1.807) is 26.2 Å². The second kappa shape index (κ2) is 10.4. The maximum atomic E-state index is 13.1. The first-order valence-electron chi connectivity index (χ1n) is 10.5. The predicted molar refractivity (Wildman–Crippen MR) is 123 cm³/mol. The Balaban J connectivity index is 1.70. The molecule has 1 fully saturated rings. The summed E-state index contributed by atoms with van der Waals surface area (Å²) in [6.07, 6.45) is 0. The van der Waals surface area contributed by atoms with Gasteiger partial charge in [-0.1, -0.05) is 18.2 Å². The lowest BCUT2D eigenvalue weighted by Gasteiger charge is -2.27. The van der Waals surface area contributed by atoms with Crippen LogP contribution in [0.4, 0.5) is 5.69 Å². The third kappa shape index (κ3) is 5.66. The minimum absolute atomic E-state index is 0.203. The van der Waals surface area contributed by atoms with E-state index >= 15 is 0 Å². The Morgan fingerprint density at radius 3 is 2.62 bits per heavy atom. The van der Waals surface area contributed by atoms with Gasteiger partial charge < -0.3 is 14.8 Å². The van der Waals surface area contributed by atoms with Gasteiger partial charge in [-0.15, -0.1) is 0 Å². The molecule has 1 heterocycles. The van der Waals surface area contributed by atoms with Crippen molar-refractivity contribution in [3.05, 3.63) is 53.6 Å². The average Bonchev–Trinajstić information content (AvgIpc) is 2.80. The Hall–Kier alpha value is -2.46. The standard InChI is InChI=1S/C23H31N3O5S/c1-17-8-9-20(15-22(17)32(28,29)26-10-12-31-13-11-26)24-23(27)18(2)25(3)16-19-6-5-7-21(14-19)30-4/h5-9,14-15,18H,10-13,16H2,1-4H3,(H,24,27)/t18-/m1/s1. The lowest BCUT2D eigenvalue weighted by Crippen LogP contribution is -2.41. The number of methoxy groups -OCH3 is 1. The van der Waals surface area contributed by atoms with Gasteiger partial charge in [0, 0.05) is 25.3 Å². The maximum Gasteiger partial charge on any atom is 0.243 e.